The summed E-state index contributed by atoms with van der Waals surface area (Å²) in [5.74, 6) is -0.533. The van der Waals surface area contributed by atoms with Crippen molar-refractivity contribution >= 4 is 40.8 Å². The van der Waals surface area contributed by atoms with Gasteiger partial charge in [0.05, 0.1) is 33.9 Å². The Morgan fingerprint density at radius 1 is 0.944 bits per heavy atom. The normalized spacial score (nSPS) is 12.4. The summed E-state index contributed by atoms with van der Waals surface area (Å²) in [5, 5.41) is 9.46. The summed E-state index contributed by atoms with van der Waals surface area (Å²) in [6, 6.07) is 25.9. The summed E-state index contributed by atoms with van der Waals surface area (Å²) in [7, 11) is 0. The molecule has 5 rings (SSSR count). The second kappa shape index (κ2) is 9.72. The van der Waals surface area contributed by atoms with Crippen molar-refractivity contribution < 1.29 is 18.0 Å². The molecule has 0 fully saturated rings. The van der Waals surface area contributed by atoms with Gasteiger partial charge in [-0.2, -0.15) is 18.4 Å². The van der Waals surface area contributed by atoms with Gasteiger partial charge in [-0.25, -0.2) is 4.98 Å². The van der Waals surface area contributed by atoms with Gasteiger partial charge in [-0.15, -0.1) is 0 Å². The third-order valence-corrected chi connectivity index (χ3v) is 7.58. The van der Waals surface area contributed by atoms with E-state index in [0.29, 0.717) is 16.9 Å². The van der Waals surface area contributed by atoms with E-state index in [0.717, 1.165) is 27.6 Å². The number of carbonyl (C=O) groups is 1. The topological polar surface area (TPSA) is 57.0 Å². The van der Waals surface area contributed by atoms with Crippen LogP contribution >= 0.6 is 23.5 Å². The molecule has 4 nitrogen and oxygen atoms in total. The zero-order valence-electron chi connectivity index (χ0n) is 18.5. The maximum atomic E-state index is 13.9. The number of hydrogen-bond acceptors (Lipinski definition) is 5. The van der Waals surface area contributed by atoms with Crippen LogP contribution in [0.3, 0.4) is 0 Å². The van der Waals surface area contributed by atoms with Crippen molar-refractivity contribution in [3.63, 3.8) is 0 Å². The molecule has 4 aromatic rings. The quantitative estimate of drug-likeness (QED) is 0.261. The number of carbonyl (C=O) groups excluding carboxylic acids is 1. The highest BCUT2D eigenvalue weighted by atomic mass is 32.2. The van der Waals surface area contributed by atoms with E-state index in [1.165, 1.54) is 0 Å². The van der Waals surface area contributed by atoms with Gasteiger partial charge < -0.3 is 0 Å². The Hall–Kier alpha value is -3.74. The van der Waals surface area contributed by atoms with Gasteiger partial charge in [0.25, 0.3) is 0 Å². The monoisotopic (exact) mass is 519 g/mol. The molecule has 0 atom stereocenters. The molecule has 9 heteroatoms. The van der Waals surface area contributed by atoms with Gasteiger partial charge in [0.15, 0.2) is 0 Å². The first-order chi connectivity index (χ1) is 17.4. The van der Waals surface area contributed by atoms with Crippen molar-refractivity contribution in [1.82, 2.24) is 4.98 Å². The average molecular weight is 520 g/mol. The molecular formula is C27H16F3N3OS2. The van der Waals surface area contributed by atoms with Gasteiger partial charge in [-0.05, 0) is 30.3 Å². The third-order valence-electron chi connectivity index (χ3n) is 5.49. The number of hydrogen-bond donors (Lipinski definition) is 0. The number of aromatic nitrogens is 1. The number of nitriles is 1. The number of benzene rings is 3. The second-order valence-corrected chi connectivity index (χ2v) is 9.81. The molecule has 2 heterocycles. The molecule has 0 radical (unpaired) electrons. The molecule has 0 spiro atoms. The van der Waals surface area contributed by atoms with Gasteiger partial charge in [0, 0.05) is 15.4 Å². The number of halogens is 3. The summed E-state index contributed by atoms with van der Waals surface area (Å²) in [5.41, 5.74) is 0.316. The minimum atomic E-state index is -4.75. The summed E-state index contributed by atoms with van der Waals surface area (Å²) in [6.45, 7) is 0. The van der Waals surface area contributed by atoms with Crippen LogP contribution < -0.4 is 4.90 Å². The summed E-state index contributed by atoms with van der Waals surface area (Å²) in [4.78, 5) is 21.2. The predicted octanol–water partition coefficient (Wildman–Crippen LogP) is 7.56. The minimum absolute atomic E-state index is 0.0851. The lowest BCUT2D eigenvalue weighted by atomic mass is 10.1. The van der Waals surface area contributed by atoms with Gasteiger partial charge in [0.1, 0.15) is 11.1 Å². The Kier molecular flexibility index (Phi) is 6.48. The van der Waals surface area contributed by atoms with Crippen LogP contribution in [-0.2, 0) is 11.0 Å². The van der Waals surface area contributed by atoms with Crippen LogP contribution in [0.1, 0.15) is 11.1 Å². The third kappa shape index (κ3) is 4.57. The molecule has 3 aromatic carbocycles. The molecule has 0 N–H and O–H groups in total. The fourth-order valence-corrected chi connectivity index (χ4v) is 5.79. The van der Waals surface area contributed by atoms with Gasteiger partial charge in [-0.1, -0.05) is 78.1 Å². The van der Waals surface area contributed by atoms with Gasteiger partial charge in [0.2, 0.25) is 5.91 Å². The molecule has 0 saturated heterocycles. The molecule has 1 aliphatic heterocycles. The zero-order chi connectivity index (χ0) is 25.3. The highest BCUT2D eigenvalue weighted by Gasteiger charge is 2.36. The molecule has 0 unspecified atom stereocenters. The van der Waals surface area contributed by atoms with Gasteiger partial charge >= 0.3 is 6.18 Å². The fraction of sp³-hybridized carbons (Fsp3) is 0.0741. The first kappa shape index (κ1) is 24.0. The average Bonchev–Trinajstić information content (AvgIpc) is 2.89. The van der Waals surface area contributed by atoms with Crippen molar-refractivity contribution in [3.8, 4) is 17.3 Å². The standard InChI is InChI=1S/C27H16F3N3OS2/c28-27(29,30)19-14-20(17-8-2-1-3-9-17)32-26(18(19)15-31)35-16-25(34)33-21-10-4-6-12-23(21)36-24-13-7-5-11-22(24)33/h1-14H,16H2. The van der Waals surface area contributed by atoms with Crippen LogP contribution in [0.4, 0.5) is 24.5 Å². The summed E-state index contributed by atoms with van der Waals surface area (Å²) >= 11 is 2.38. The van der Waals surface area contributed by atoms with E-state index in [-0.39, 0.29) is 22.4 Å². The maximum Gasteiger partial charge on any atom is 0.417 e. The number of alkyl halides is 3. The van der Waals surface area contributed by atoms with E-state index in [2.05, 4.69) is 4.98 Å². The molecule has 1 aliphatic rings. The van der Waals surface area contributed by atoms with Crippen LogP contribution in [0.2, 0.25) is 0 Å². The largest absolute Gasteiger partial charge is 0.417 e. The van der Waals surface area contributed by atoms with Crippen molar-refractivity contribution in [2.45, 2.75) is 21.0 Å². The Balaban J connectivity index is 1.52. The van der Waals surface area contributed by atoms with Crippen molar-refractivity contribution in [2.75, 3.05) is 10.7 Å². The number of thioether (sulfide) groups is 1. The number of fused-ring (bicyclic) bond motifs is 2. The highest BCUT2D eigenvalue weighted by Crippen LogP contribution is 2.48. The molecule has 1 aromatic heterocycles. The SMILES string of the molecule is N#Cc1c(C(F)(F)F)cc(-c2ccccc2)nc1SCC(=O)N1c2ccccc2Sc2ccccc21. The lowest BCUT2D eigenvalue weighted by Crippen LogP contribution is -2.30. The number of anilines is 2. The first-order valence-corrected chi connectivity index (χ1v) is 12.6. The van der Waals surface area contributed by atoms with E-state index < -0.39 is 17.3 Å². The molecule has 36 heavy (non-hydrogen) atoms. The van der Waals surface area contributed by atoms with Crippen LogP contribution in [0.15, 0.2) is 99.7 Å². The zero-order valence-corrected chi connectivity index (χ0v) is 20.1. The lowest BCUT2D eigenvalue weighted by Gasteiger charge is -2.31. The van der Waals surface area contributed by atoms with Crippen LogP contribution in [-0.4, -0.2) is 16.6 Å². The first-order valence-electron chi connectivity index (χ1n) is 10.8. The van der Waals surface area contributed by atoms with Crippen LogP contribution in [0.25, 0.3) is 11.3 Å². The predicted molar refractivity (Wildman–Crippen MR) is 134 cm³/mol. The Morgan fingerprint density at radius 2 is 1.53 bits per heavy atom. The second-order valence-electron chi connectivity index (χ2n) is 7.77. The van der Waals surface area contributed by atoms with Crippen LogP contribution in [0.5, 0.6) is 0 Å². The molecule has 0 saturated carbocycles. The number of pyridine rings is 1. The number of rotatable bonds is 4. The Bertz CT molecular complexity index is 1460. The van der Waals surface area contributed by atoms with Gasteiger partial charge in [-0.3, -0.25) is 9.69 Å². The smallest absolute Gasteiger partial charge is 0.278 e. The van der Waals surface area contributed by atoms with Crippen molar-refractivity contribution in [3.05, 3.63) is 96.1 Å². The lowest BCUT2D eigenvalue weighted by molar-refractivity contribution is -0.138. The Labute approximate surface area is 213 Å². The maximum absolute atomic E-state index is 13.9. The highest BCUT2D eigenvalue weighted by molar-refractivity contribution is 8.00. The summed E-state index contributed by atoms with van der Waals surface area (Å²) < 4.78 is 41.6. The fourth-order valence-electron chi connectivity index (χ4n) is 3.88. The van der Waals surface area contributed by atoms with E-state index in [1.807, 2.05) is 48.5 Å². The van der Waals surface area contributed by atoms with E-state index in [1.54, 1.807) is 53.1 Å². The molecule has 0 aliphatic carbocycles. The molecule has 178 valence electrons. The van der Waals surface area contributed by atoms with Crippen molar-refractivity contribution in [1.29, 1.82) is 5.26 Å². The number of para-hydroxylation sites is 2. The molecule has 1 amide bonds. The van der Waals surface area contributed by atoms with E-state index >= 15 is 0 Å². The molecule has 0 bridgehead atoms. The number of amides is 1. The van der Waals surface area contributed by atoms with E-state index in [9.17, 15) is 23.2 Å². The summed E-state index contributed by atoms with van der Waals surface area (Å²) in [6.07, 6.45) is -4.75. The molecular weight excluding hydrogens is 503 g/mol. The van der Waals surface area contributed by atoms with E-state index in [4.69, 9.17) is 0 Å². The van der Waals surface area contributed by atoms with Crippen LogP contribution in [0, 0.1) is 11.3 Å². The minimum Gasteiger partial charge on any atom is -0.278 e. The van der Waals surface area contributed by atoms with Crippen molar-refractivity contribution in [2.24, 2.45) is 0 Å². The Morgan fingerprint density at radius 3 is 2.11 bits per heavy atom. The number of nitrogens with zero attached hydrogens (tertiary/aromatic N) is 3.